The quantitative estimate of drug-likeness (QED) is 0.419. The van der Waals surface area contributed by atoms with Crippen LogP contribution in [0, 0.1) is 10.1 Å². The van der Waals surface area contributed by atoms with Crippen molar-refractivity contribution in [2.24, 2.45) is 0 Å². The Morgan fingerprint density at radius 1 is 1.24 bits per heavy atom. The van der Waals surface area contributed by atoms with Gasteiger partial charge >= 0.3 is 5.97 Å². The summed E-state index contributed by atoms with van der Waals surface area (Å²) in [7, 11) is 1.25. The Bertz CT molecular complexity index is 865. The fourth-order valence-corrected chi connectivity index (χ4v) is 2.34. The van der Waals surface area contributed by atoms with E-state index in [2.05, 4.69) is 4.74 Å². The van der Waals surface area contributed by atoms with Crippen molar-refractivity contribution in [3.63, 3.8) is 0 Å². The van der Waals surface area contributed by atoms with Crippen molar-refractivity contribution in [1.82, 2.24) is 0 Å². The highest BCUT2D eigenvalue weighted by atomic mass is 16.6. The monoisotopic (exact) mass is 285 g/mol. The summed E-state index contributed by atoms with van der Waals surface area (Å²) < 4.78 is 10.2. The summed E-state index contributed by atoms with van der Waals surface area (Å²) >= 11 is 0. The molecule has 0 fully saturated rings. The molecule has 0 saturated heterocycles. The minimum absolute atomic E-state index is 0.146. The number of benzene rings is 2. The minimum Gasteiger partial charge on any atom is -0.469 e. The van der Waals surface area contributed by atoms with Crippen LogP contribution < -0.4 is 0 Å². The average Bonchev–Trinajstić information content (AvgIpc) is 2.84. The number of nitro benzene ring substituents is 1. The molecule has 106 valence electrons. The Balaban J connectivity index is 2.28. The predicted molar refractivity (Wildman–Crippen MR) is 76.1 cm³/mol. The maximum absolute atomic E-state index is 11.4. The van der Waals surface area contributed by atoms with Crippen LogP contribution in [-0.2, 0) is 16.0 Å². The molecule has 0 aliphatic rings. The highest BCUT2D eigenvalue weighted by molar-refractivity contribution is 6.06. The van der Waals surface area contributed by atoms with Gasteiger partial charge in [-0.15, -0.1) is 0 Å². The Kier molecular flexibility index (Phi) is 3.06. The first-order valence-electron chi connectivity index (χ1n) is 6.25. The van der Waals surface area contributed by atoms with E-state index >= 15 is 0 Å². The molecular formula is C15H11NO5. The molecule has 0 spiro atoms. The van der Waals surface area contributed by atoms with Crippen LogP contribution in [0.5, 0.6) is 0 Å². The Labute approximate surface area is 119 Å². The number of carbonyl (C=O) groups excluding carboxylic acids is 1. The molecule has 0 aliphatic carbocycles. The molecule has 0 aliphatic heterocycles. The summed E-state index contributed by atoms with van der Waals surface area (Å²) in [6.45, 7) is 0. The Morgan fingerprint density at radius 2 is 2.00 bits per heavy atom. The van der Waals surface area contributed by atoms with Gasteiger partial charge in [-0.1, -0.05) is 18.2 Å². The molecule has 0 unspecified atom stereocenters. The van der Waals surface area contributed by atoms with Crippen molar-refractivity contribution in [1.29, 1.82) is 0 Å². The van der Waals surface area contributed by atoms with E-state index < -0.39 is 10.9 Å². The Hall–Kier alpha value is -2.89. The van der Waals surface area contributed by atoms with Crippen LogP contribution in [0.4, 0.5) is 5.69 Å². The molecule has 6 heteroatoms. The van der Waals surface area contributed by atoms with Gasteiger partial charge in [0.2, 0.25) is 0 Å². The number of carbonyl (C=O) groups is 1. The first kappa shape index (κ1) is 13.1. The zero-order valence-electron chi connectivity index (χ0n) is 11.2. The topological polar surface area (TPSA) is 82.6 Å². The molecule has 3 aromatic rings. The van der Waals surface area contributed by atoms with E-state index in [0.29, 0.717) is 16.7 Å². The van der Waals surface area contributed by atoms with Crippen LogP contribution in [0.25, 0.3) is 21.9 Å². The second-order valence-corrected chi connectivity index (χ2v) is 4.59. The average molecular weight is 285 g/mol. The zero-order chi connectivity index (χ0) is 15.0. The van der Waals surface area contributed by atoms with Crippen molar-refractivity contribution in [3.8, 4) is 0 Å². The van der Waals surface area contributed by atoms with Crippen LogP contribution in [0.3, 0.4) is 0 Å². The van der Waals surface area contributed by atoms with E-state index in [-0.39, 0.29) is 12.1 Å². The summed E-state index contributed by atoms with van der Waals surface area (Å²) in [5.74, 6) is -0.523. The number of hydrogen-bond donors (Lipinski definition) is 0. The Morgan fingerprint density at radius 3 is 2.71 bits per heavy atom. The first-order chi connectivity index (χ1) is 10.1. The lowest BCUT2D eigenvalue weighted by Gasteiger charge is -2.02. The van der Waals surface area contributed by atoms with Crippen molar-refractivity contribution < 1.29 is 18.9 Å². The van der Waals surface area contributed by atoms with Crippen molar-refractivity contribution in [3.05, 3.63) is 52.1 Å². The highest BCUT2D eigenvalue weighted by Gasteiger charge is 2.20. The molecular weight excluding hydrogens is 274 g/mol. The molecule has 1 heterocycles. The molecule has 3 rings (SSSR count). The SMILES string of the molecule is COC(=O)Cc1cc2c(cc1[N+](=O)[O-])oc1ccccc12. The van der Waals surface area contributed by atoms with E-state index in [9.17, 15) is 14.9 Å². The third-order valence-electron chi connectivity index (χ3n) is 3.34. The smallest absolute Gasteiger partial charge is 0.310 e. The van der Waals surface area contributed by atoms with Gasteiger partial charge in [0.25, 0.3) is 5.69 Å². The fourth-order valence-electron chi connectivity index (χ4n) is 2.34. The van der Waals surface area contributed by atoms with E-state index in [0.717, 1.165) is 10.8 Å². The molecule has 0 bridgehead atoms. The zero-order valence-corrected chi connectivity index (χ0v) is 11.2. The minimum atomic E-state index is -0.523. The number of para-hydroxylation sites is 1. The standard InChI is InChI=1S/C15H11NO5/c1-20-15(17)7-9-6-11-10-4-2-3-5-13(10)21-14(11)8-12(9)16(18)19/h2-6,8H,7H2,1H3. The lowest BCUT2D eigenvalue weighted by Crippen LogP contribution is -2.06. The van der Waals surface area contributed by atoms with Crippen molar-refractivity contribution >= 4 is 33.6 Å². The lowest BCUT2D eigenvalue weighted by molar-refractivity contribution is -0.385. The van der Waals surface area contributed by atoms with Gasteiger partial charge in [-0.3, -0.25) is 14.9 Å². The lowest BCUT2D eigenvalue weighted by atomic mass is 10.0. The van der Waals surface area contributed by atoms with Gasteiger partial charge in [0, 0.05) is 16.3 Å². The van der Waals surface area contributed by atoms with E-state index in [4.69, 9.17) is 4.42 Å². The van der Waals surface area contributed by atoms with Gasteiger partial charge < -0.3 is 9.15 Å². The van der Waals surface area contributed by atoms with Gasteiger partial charge in [-0.05, 0) is 12.1 Å². The number of furan rings is 1. The molecule has 0 amide bonds. The number of nitrogens with zero attached hydrogens (tertiary/aromatic N) is 1. The van der Waals surface area contributed by atoms with Crippen molar-refractivity contribution in [2.75, 3.05) is 7.11 Å². The third kappa shape index (κ3) is 2.20. The van der Waals surface area contributed by atoms with E-state index in [1.165, 1.54) is 13.2 Å². The summed E-state index contributed by atoms with van der Waals surface area (Å²) in [5.41, 5.74) is 1.24. The molecule has 0 saturated carbocycles. The van der Waals surface area contributed by atoms with E-state index in [1.807, 2.05) is 18.2 Å². The molecule has 0 radical (unpaired) electrons. The normalized spacial score (nSPS) is 10.9. The number of esters is 1. The third-order valence-corrected chi connectivity index (χ3v) is 3.34. The summed E-state index contributed by atoms with van der Waals surface area (Å²) in [6, 6.07) is 10.3. The van der Waals surface area contributed by atoms with Gasteiger partial charge in [0.15, 0.2) is 0 Å². The fraction of sp³-hybridized carbons (Fsp3) is 0.133. The van der Waals surface area contributed by atoms with Gasteiger partial charge in [0.1, 0.15) is 11.2 Å². The molecule has 21 heavy (non-hydrogen) atoms. The van der Waals surface area contributed by atoms with Gasteiger partial charge in [0.05, 0.1) is 24.5 Å². The number of hydrogen-bond acceptors (Lipinski definition) is 5. The highest BCUT2D eigenvalue weighted by Crippen LogP contribution is 2.33. The maximum Gasteiger partial charge on any atom is 0.310 e. The summed E-state index contributed by atoms with van der Waals surface area (Å²) in [6.07, 6.45) is -0.151. The van der Waals surface area contributed by atoms with Crippen LogP contribution in [-0.4, -0.2) is 18.0 Å². The first-order valence-corrected chi connectivity index (χ1v) is 6.25. The largest absolute Gasteiger partial charge is 0.469 e. The number of rotatable bonds is 3. The van der Waals surface area contributed by atoms with Gasteiger partial charge in [-0.25, -0.2) is 0 Å². The van der Waals surface area contributed by atoms with Gasteiger partial charge in [-0.2, -0.15) is 0 Å². The van der Waals surface area contributed by atoms with Crippen LogP contribution >= 0.6 is 0 Å². The van der Waals surface area contributed by atoms with Crippen LogP contribution in [0.15, 0.2) is 40.8 Å². The van der Waals surface area contributed by atoms with Crippen molar-refractivity contribution in [2.45, 2.75) is 6.42 Å². The molecule has 2 aromatic carbocycles. The molecule has 0 atom stereocenters. The van der Waals surface area contributed by atoms with Crippen LogP contribution in [0.1, 0.15) is 5.56 Å². The second-order valence-electron chi connectivity index (χ2n) is 4.59. The molecule has 0 N–H and O–H groups in total. The van der Waals surface area contributed by atoms with E-state index in [1.54, 1.807) is 12.1 Å². The molecule has 1 aromatic heterocycles. The number of ether oxygens (including phenoxy) is 1. The summed E-state index contributed by atoms with van der Waals surface area (Å²) in [4.78, 5) is 22.1. The predicted octanol–water partition coefficient (Wildman–Crippen LogP) is 3.21. The summed E-state index contributed by atoms with van der Waals surface area (Å²) in [5, 5.41) is 12.8. The second kappa shape index (κ2) is 4.90. The van der Waals surface area contributed by atoms with Crippen LogP contribution in [0.2, 0.25) is 0 Å². The maximum atomic E-state index is 11.4. The number of fused-ring (bicyclic) bond motifs is 3. The number of nitro groups is 1. The number of methoxy groups -OCH3 is 1. The molecule has 6 nitrogen and oxygen atoms in total.